The van der Waals surface area contributed by atoms with Gasteiger partial charge in [0.25, 0.3) is 0 Å². The van der Waals surface area contributed by atoms with E-state index in [1.165, 1.54) is 23.9 Å². The van der Waals surface area contributed by atoms with Crippen LogP contribution in [0.2, 0.25) is 0 Å². The van der Waals surface area contributed by atoms with Gasteiger partial charge in [0.15, 0.2) is 0 Å². The zero-order valence-corrected chi connectivity index (χ0v) is 11.7. The number of hydrogen-bond donors (Lipinski definition) is 2. The average molecular weight is 308 g/mol. The topological polar surface area (TPSA) is 66.4 Å². The van der Waals surface area contributed by atoms with E-state index in [0.29, 0.717) is 10.7 Å². The maximum atomic E-state index is 12.2. The molecule has 2 aliphatic rings. The predicted octanol–water partition coefficient (Wildman–Crippen LogP) is 3.11. The number of rotatable bonds is 1. The number of hydrogen-bond acceptors (Lipinski definition) is 3. The molecule has 1 aromatic rings. The number of allylic oxidation sites excluding steroid dienone is 2. The molecule has 1 heterocycles. The van der Waals surface area contributed by atoms with Crippen molar-refractivity contribution in [2.45, 2.75) is 10.1 Å². The molecule has 0 saturated heterocycles. The van der Waals surface area contributed by atoms with Gasteiger partial charge in [-0.15, -0.1) is 11.8 Å². The van der Waals surface area contributed by atoms with E-state index in [1.807, 2.05) is 6.08 Å². The van der Waals surface area contributed by atoms with Crippen LogP contribution >= 0.6 is 23.4 Å². The Morgan fingerprint density at radius 3 is 2.95 bits per heavy atom. The molecule has 3 rings (SSSR count). The summed E-state index contributed by atoms with van der Waals surface area (Å²) in [7, 11) is 0. The van der Waals surface area contributed by atoms with Crippen LogP contribution in [0.3, 0.4) is 0 Å². The molecule has 0 radical (unpaired) electrons. The van der Waals surface area contributed by atoms with Crippen LogP contribution in [0.5, 0.6) is 0 Å². The van der Waals surface area contributed by atoms with Crippen molar-refractivity contribution in [1.29, 1.82) is 0 Å². The minimum atomic E-state index is -1.02. The van der Waals surface area contributed by atoms with Crippen molar-refractivity contribution in [1.82, 2.24) is 0 Å². The number of nitrogens with one attached hydrogen (secondary N) is 1. The number of carbonyl (C=O) groups is 2. The van der Waals surface area contributed by atoms with Crippen LogP contribution in [-0.2, 0) is 4.79 Å². The lowest BCUT2D eigenvalue weighted by Gasteiger charge is -2.19. The van der Waals surface area contributed by atoms with E-state index in [4.69, 9.17) is 16.7 Å². The third-order valence-electron chi connectivity index (χ3n) is 3.19. The normalized spacial score (nSPS) is 24.1. The first-order chi connectivity index (χ1) is 9.54. The molecule has 4 nitrogen and oxygen atoms in total. The van der Waals surface area contributed by atoms with Gasteiger partial charge in [0.2, 0.25) is 5.91 Å². The number of benzene rings is 1. The van der Waals surface area contributed by atoms with Gasteiger partial charge >= 0.3 is 5.97 Å². The number of amides is 1. The molecule has 2 unspecified atom stereocenters. The van der Waals surface area contributed by atoms with Crippen molar-refractivity contribution in [3.8, 4) is 0 Å². The van der Waals surface area contributed by atoms with Gasteiger partial charge in [-0.25, -0.2) is 4.79 Å². The summed E-state index contributed by atoms with van der Waals surface area (Å²) in [4.78, 5) is 24.0. The summed E-state index contributed by atoms with van der Waals surface area (Å²) in [5.41, 5.74) is 0.686. The first kappa shape index (κ1) is 13.3. The van der Waals surface area contributed by atoms with Crippen LogP contribution in [0.15, 0.2) is 46.4 Å². The highest BCUT2D eigenvalue weighted by molar-refractivity contribution is 8.00. The number of carboxylic acids is 1. The molecule has 1 amide bonds. The van der Waals surface area contributed by atoms with Crippen LogP contribution in [0.25, 0.3) is 0 Å². The van der Waals surface area contributed by atoms with Crippen molar-refractivity contribution in [2.24, 2.45) is 5.92 Å². The highest BCUT2D eigenvalue weighted by atomic mass is 35.5. The van der Waals surface area contributed by atoms with E-state index in [2.05, 4.69) is 5.32 Å². The smallest absolute Gasteiger partial charge is 0.335 e. The SMILES string of the molecule is O=C(O)c1ccc2c(c1)NC(=O)C1C=CC(Cl)=CC1S2. The van der Waals surface area contributed by atoms with E-state index < -0.39 is 5.97 Å². The molecule has 1 aliphatic carbocycles. The minimum absolute atomic E-state index is 0.0792. The van der Waals surface area contributed by atoms with E-state index in [-0.39, 0.29) is 22.6 Å². The third-order valence-corrected chi connectivity index (χ3v) is 4.75. The fraction of sp³-hybridized carbons (Fsp3) is 0.143. The summed E-state index contributed by atoms with van der Waals surface area (Å²) in [6.45, 7) is 0. The molecule has 20 heavy (non-hydrogen) atoms. The van der Waals surface area contributed by atoms with Crippen molar-refractivity contribution in [3.63, 3.8) is 0 Å². The largest absolute Gasteiger partial charge is 0.478 e. The minimum Gasteiger partial charge on any atom is -0.478 e. The number of halogens is 1. The van der Waals surface area contributed by atoms with Gasteiger partial charge in [0, 0.05) is 15.2 Å². The molecular weight excluding hydrogens is 298 g/mol. The summed E-state index contributed by atoms with van der Waals surface area (Å²) in [6.07, 6.45) is 5.33. The summed E-state index contributed by atoms with van der Waals surface area (Å²) < 4.78 is 0. The highest BCUT2D eigenvalue weighted by Gasteiger charge is 2.32. The summed E-state index contributed by atoms with van der Waals surface area (Å²) >= 11 is 7.48. The van der Waals surface area contributed by atoms with E-state index >= 15 is 0 Å². The standard InChI is InChI=1S/C14H10ClNO3S/c15-8-2-3-9-12(6-8)20-11-4-1-7(14(18)19)5-10(11)16-13(9)17/h1-6,9,12H,(H,16,17)(H,18,19). The van der Waals surface area contributed by atoms with Crippen molar-refractivity contribution in [3.05, 3.63) is 47.0 Å². The molecule has 0 aromatic heterocycles. The molecule has 0 fully saturated rings. The van der Waals surface area contributed by atoms with Crippen LogP contribution in [0.1, 0.15) is 10.4 Å². The molecule has 0 saturated carbocycles. The lowest BCUT2D eigenvalue weighted by atomic mass is 9.99. The summed E-state index contributed by atoms with van der Waals surface area (Å²) in [6, 6.07) is 4.73. The summed E-state index contributed by atoms with van der Waals surface area (Å²) in [5.74, 6) is -1.47. The average Bonchev–Trinajstić information content (AvgIpc) is 2.53. The zero-order chi connectivity index (χ0) is 14.3. The molecule has 1 aromatic carbocycles. The first-order valence-electron chi connectivity index (χ1n) is 5.95. The number of anilines is 1. The lowest BCUT2D eigenvalue weighted by Crippen LogP contribution is -2.28. The van der Waals surface area contributed by atoms with Crippen molar-refractivity contribution < 1.29 is 14.7 Å². The van der Waals surface area contributed by atoms with Gasteiger partial charge in [0.05, 0.1) is 17.2 Å². The molecule has 102 valence electrons. The molecule has 2 atom stereocenters. The Labute approximate surface area is 124 Å². The summed E-state index contributed by atoms with van der Waals surface area (Å²) in [5, 5.41) is 12.3. The van der Waals surface area contributed by atoms with Crippen LogP contribution in [0.4, 0.5) is 5.69 Å². The molecule has 6 heteroatoms. The Morgan fingerprint density at radius 1 is 1.40 bits per heavy atom. The van der Waals surface area contributed by atoms with Gasteiger partial charge in [-0.05, 0) is 24.3 Å². The van der Waals surface area contributed by atoms with Crippen LogP contribution in [-0.4, -0.2) is 22.2 Å². The van der Waals surface area contributed by atoms with E-state index in [9.17, 15) is 9.59 Å². The molecule has 2 N–H and O–H groups in total. The fourth-order valence-corrected chi connectivity index (χ4v) is 3.73. The Bertz CT molecular complexity index is 668. The molecule has 1 aliphatic heterocycles. The Hall–Kier alpha value is -1.72. The second-order valence-corrected chi connectivity index (χ2v) is 6.18. The lowest BCUT2D eigenvalue weighted by molar-refractivity contribution is -0.118. The highest BCUT2D eigenvalue weighted by Crippen LogP contribution is 2.41. The molecular formula is C14H10ClNO3S. The maximum Gasteiger partial charge on any atom is 0.335 e. The monoisotopic (exact) mass is 307 g/mol. The van der Waals surface area contributed by atoms with Crippen LogP contribution < -0.4 is 5.32 Å². The maximum absolute atomic E-state index is 12.2. The molecule has 0 spiro atoms. The number of thioether (sulfide) groups is 1. The number of carbonyl (C=O) groups excluding carboxylic acids is 1. The number of aromatic carboxylic acids is 1. The second-order valence-electron chi connectivity index (χ2n) is 4.52. The van der Waals surface area contributed by atoms with E-state index in [0.717, 1.165) is 4.90 Å². The van der Waals surface area contributed by atoms with Gasteiger partial charge in [-0.2, -0.15) is 0 Å². The third kappa shape index (κ3) is 2.34. The van der Waals surface area contributed by atoms with Gasteiger partial charge in [-0.1, -0.05) is 23.8 Å². The number of carboxylic acid groups (broad SMARTS) is 1. The van der Waals surface area contributed by atoms with Gasteiger partial charge < -0.3 is 10.4 Å². The van der Waals surface area contributed by atoms with Crippen molar-refractivity contribution in [2.75, 3.05) is 5.32 Å². The first-order valence-corrected chi connectivity index (χ1v) is 7.21. The Kier molecular flexibility index (Phi) is 3.31. The van der Waals surface area contributed by atoms with Gasteiger partial charge in [-0.3, -0.25) is 4.79 Å². The zero-order valence-electron chi connectivity index (χ0n) is 10.2. The molecule has 0 bridgehead atoms. The van der Waals surface area contributed by atoms with Crippen LogP contribution in [0, 0.1) is 5.92 Å². The fourth-order valence-electron chi connectivity index (χ4n) is 2.19. The van der Waals surface area contributed by atoms with Crippen molar-refractivity contribution >= 4 is 40.9 Å². The second kappa shape index (κ2) is 5.00. The van der Waals surface area contributed by atoms with Gasteiger partial charge in [0.1, 0.15) is 0 Å². The Morgan fingerprint density at radius 2 is 2.20 bits per heavy atom. The Balaban J connectivity index is 2.02. The number of fused-ring (bicyclic) bond motifs is 2. The predicted molar refractivity (Wildman–Crippen MR) is 78.2 cm³/mol. The van der Waals surface area contributed by atoms with E-state index in [1.54, 1.807) is 18.2 Å². The quantitative estimate of drug-likeness (QED) is 0.836.